The van der Waals surface area contributed by atoms with Crippen molar-refractivity contribution in [3.05, 3.63) is 35.9 Å². The van der Waals surface area contributed by atoms with Gasteiger partial charge in [0.25, 0.3) is 0 Å². The van der Waals surface area contributed by atoms with Crippen molar-refractivity contribution in [3.63, 3.8) is 0 Å². The maximum absolute atomic E-state index is 10.4. The van der Waals surface area contributed by atoms with Gasteiger partial charge >= 0.3 is 0 Å². The van der Waals surface area contributed by atoms with E-state index in [2.05, 4.69) is 13.8 Å². The number of fused-ring (bicyclic) bond motifs is 1. The molecule has 0 spiro atoms. The quantitative estimate of drug-likeness (QED) is 0.922. The van der Waals surface area contributed by atoms with E-state index >= 15 is 0 Å². The van der Waals surface area contributed by atoms with Crippen molar-refractivity contribution in [2.24, 2.45) is 5.92 Å². The van der Waals surface area contributed by atoms with Crippen molar-refractivity contribution in [1.82, 2.24) is 0 Å². The molecule has 20 heavy (non-hydrogen) atoms. The van der Waals surface area contributed by atoms with Crippen molar-refractivity contribution in [2.75, 3.05) is 0 Å². The van der Waals surface area contributed by atoms with Crippen molar-refractivity contribution >= 4 is 0 Å². The van der Waals surface area contributed by atoms with Gasteiger partial charge in [0.05, 0.1) is 6.10 Å². The molecule has 4 heteroatoms. The first kappa shape index (κ1) is 14.0. The highest BCUT2D eigenvalue weighted by atomic mass is 16.8. The third-order valence-corrected chi connectivity index (χ3v) is 4.00. The molecule has 1 N–H and O–H groups in total. The van der Waals surface area contributed by atoms with E-state index in [-0.39, 0.29) is 6.10 Å². The molecule has 2 aliphatic rings. The fraction of sp³-hybridized carbons (Fsp3) is 0.625. The van der Waals surface area contributed by atoms with Gasteiger partial charge in [-0.2, -0.15) is 0 Å². The minimum atomic E-state index is -0.847. The normalized spacial score (nSPS) is 40.2. The van der Waals surface area contributed by atoms with Crippen LogP contribution >= 0.6 is 0 Å². The molecule has 0 aromatic heterocycles. The number of benzene rings is 1. The van der Waals surface area contributed by atoms with E-state index in [0.29, 0.717) is 5.92 Å². The summed E-state index contributed by atoms with van der Waals surface area (Å²) in [6, 6.07) is 9.76. The minimum absolute atomic E-state index is 0.203. The molecule has 2 aliphatic heterocycles. The number of aliphatic hydroxyl groups excluding tert-OH is 1. The average Bonchev–Trinajstić information content (AvgIpc) is 2.88. The van der Waals surface area contributed by atoms with Crippen molar-refractivity contribution in [2.45, 2.75) is 57.6 Å². The third-order valence-electron chi connectivity index (χ3n) is 4.00. The van der Waals surface area contributed by atoms with Crippen LogP contribution in [0.1, 0.15) is 32.8 Å². The molecule has 110 valence electrons. The molecule has 0 bridgehead atoms. The Balaban J connectivity index is 1.74. The van der Waals surface area contributed by atoms with E-state index in [1.165, 1.54) is 0 Å². The van der Waals surface area contributed by atoms with Gasteiger partial charge in [-0.3, -0.25) is 0 Å². The van der Waals surface area contributed by atoms with E-state index in [1.807, 2.05) is 37.3 Å². The molecule has 1 aromatic rings. The molecule has 0 saturated carbocycles. The SMILES string of the molecule is CC(C)C[C@H]1O[C@@H]2OC(C)(c3ccccc3)O[C@@H]2[C@H]1O. The Morgan fingerprint density at radius 2 is 1.90 bits per heavy atom. The van der Waals surface area contributed by atoms with Crippen LogP contribution in [0.3, 0.4) is 0 Å². The third kappa shape index (κ3) is 2.37. The van der Waals surface area contributed by atoms with Gasteiger partial charge in [-0.25, -0.2) is 0 Å². The van der Waals surface area contributed by atoms with Crippen molar-refractivity contribution in [3.8, 4) is 0 Å². The molecular weight excluding hydrogens is 256 g/mol. The lowest BCUT2D eigenvalue weighted by Crippen LogP contribution is -2.35. The van der Waals surface area contributed by atoms with Crippen LogP contribution in [0.2, 0.25) is 0 Å². The second-order valence-electron chi connectivity index (χ2n) is 6.18. The molecule has 3 rings (SSSR count). The van der Waals surface area contributed by atoms with Gasteiger partial charge < -0.3 is 19.3 Å². The van der Waals surface area contributed by atoms with Crippen LogP contribution in [0.4, 0.5) is 0 Å². The first-order valence-corrected chi connectivity index (χ1v) is 7.24. The Morgan fingerprint density at radius 1 is 1.20 bits per heavy atom. The standard InChI is InChI=1S/C16H22O4/c1-10(2)9-12-13(17)14-15(18-12)20-16(3,19-14)11-7-5-4-6-8-11/h4-8,10,12-15,17H,9H2,1-3H3/t12-,13+,14-,15-,16?/m1/s1. The number of rotatable bonds is 3. The summed E-state index contributed by atoms with van der Waals surface area (Å²) in [6.07, 6.45) is -0.927. The van der Waals surface area contributed by atoms with Gasteiger partial charge in [0.1, 0.15) is 12.2 Å². The van der Waals surface area contributed by atoms with Gasteiger partial charge in [0.15, 0.2) is 12.1 Å². The topological polar surface area (TPSA) is 47.9 Å². The molecule has 0 aliphatic carbocycles. The van der Waals surface area contributed by atoms with Gasteiger partial charge in [0.2, 0.25) is 0 Å². The highest BCUT2D eigenvalue weighted by Gasteiger charge is 2.56. The zero-order chi connectivity index (χ0) is 14.3. The first-order valence-electron chi connectivity index (χ1n) is 7.24. The fourth-order valence-electron chi connectivity index (χ4n) is 2.97. The van der Waals surface area contributed by atoms with Crippen LogP contribution in [0.25, 0.3) is 0 Å². The summed E-state index contributed by atoms with van der Waals surface area (Å²) in [5.41, 5.74) is 0.936. The Labute approximate surface area is 119 Å². The molecule has 2 saturated heterocycles. The van der Waals surface area contributed by atoms with Crippen LogP contribution in [-0.2, 0) is 20.0 Å². The van der Waals surface area contributed by atoms with E-state index in [1.54, 1.807) is 0 Å². The lowest BCUT2D eigenvalue weighted by atomic mass is 10.0. The van der Waals surface area contributed by atoms with Crippen LogP contribution in [0, 0.1) is 5.92 Å². The van der Waals surface area contributed by atoms with Crippen molar-refractivity contribution < 1.29 is 19.3 Å². The summed E-state index contributed by atoms with van der Waals surface area (Å²) >= 11 is 0. The van der Waals surface area contributed by atoms with E-state index in [9.17, 15) is 5.11 Å². The van der Waals surface area contributed by atoms with Gasteiger partial charge in [-0.15, -0.1) is 0 Å². The molecule has 1 aromatic carbocycles. The van der Waals surface area contributed by atoms with E-state index in [0.717, 1.165) is 12.0 Å². The lowest BCUT2D eigenvalue weighted by Gasteiger charge is -2.27. The van der Waals surface area contributed by atoms with Crippen molar-refractivity contribution in [1.29, 1.82) is 0 Å². The lowest BCUT2D eigenvalue weighted by molar-refractivity contribution is -0.232. The fourth-order valence-corrected chi connectivity index (χ4v) is 2.97. The largest absolute Gasteiger partial charge is 0.387 e. The average molecular weight is 278 g/mol. The minimum Gasteiger partial charge on any atom is -0.387 e. The first-order chi connectivity index (χ1) is 9.49. The summed E-state index contributed by atoms with van der Waals surface area (Å²) in [6.45, 7) is 6.09. The summed E-state index contributed by atoms with van der Waals surface area (Å²) in [5.74, 6) is -0.380. The summed E-state index contributed by atoms with van der Waals surface area (Å²) in [5, 5.41) is 10.4. The summed E-state index contributed by atoms with van der Waals surface area (Å²) in [7, 11) is 0. The molecule has 4 nitrogen and oxygen atoms in total. The maximum atomic E-state index is 10.4. The highest BCUT2D eigenvalue weighted by molar-refractivity contribution is 5.21. The molecular formula is C16H22O4. The second-order valence-corrected chi connectivity index (χ2v) is 6.18. The Kier molecular flexibility index (Phi) is 3.58. The predicted octanol–water partition coefficient (Wildman–Crippen LogP) is 2.41. The van der Waals surface area contributed by atoms with Crippen LogP contribution in [0.5, 0.6) is 0 Å². The van der Waals surface area contributed by atoms with Gasteiger partial charge in [0, 0.05) is 5.56 Å². The number of hydrogen-bond acceptors (Lipinski definition) is 4. The summed E-state index contributed by atoms with van der Waals surface area (Å²) < 4.78 is 17.8. The molecule has 0 radical (unpaired) electrons. The van der Waals surface area contributed by atoms with E-state index in [4.69, 9.17) is 14.2 Å². The molecule has 0 amide bonds. The number of ether oxygens (including phenoxy) is 3. The Hall–Kier alpha value is -0.940. The number of aliphatic hydroxyl groups is 1. The summed E-state index contributed by atoms with van der Waals surface area (Å²) in [4.78, 5) is 0. The Bertz CT molecular complexity index is 461. The Morgan fingerprint density at radius 3 is 2.50 bits per heavy atom. The zero-order valence-electron chi connectivity index (χ0n) is 12.2. The second kappa shape index (κ2) is 5.11. The molecule has 5 atom stereocenters. The monoisotopic (exact) mass is 278 g/mol. The predicted molar refractivity (Wildman–Crippen MR) is 73.9 cm³/mol. The molecule has 1 unspecified atom stereocenters. The van der Waals surface area contributed by atoms with Crippen LogP contribution < -0.4 is 0 Å². The molecule has 2 heterocycles. The van der Waals surface area contributed by atoms with Crippen LogP contribution in [0.15, 0.2) is 30.3 Å². The van der Waals surface area contributed by atoms with Crippen LogP contribution in [-0.4, -0.2) is 29.7 Å². The van der Waals surface area contributed by atoms with E-state index < -0.39 is 24.3 Å². The highest BCUT2D eigenvalue weighted by Crippen LogP contribution is 2.43. The van der Waals surface area contributed by atoms with Gasteiger partial charge in [-0.05, 0) is 19.3 Å². The zero-order valence-corrected chi connectivity index (χ0v) is 12.2. The van der Waals surface area contributed by atoms with Gasteiger partial charge in [-0.1, -0.05) is 44.2 Å². The number of hydrogen-bond donors (Lipinski definition) is 1. The smallest absolute Gasteiger partial charge is 0.195 e. The molecule has 2 fully saturated rings. The maximum Gasteiger partial charge on any atom is 0.195 e.